The lowest BCUT2D eigenvalue weighted by Gasteiger charge is -2.36. The third-order valence-electron chi connectivity index (χ3n) is 3.29. The van der Waals surface area contributed by atoms with Crippen molar-refractivity contribution in [2.45, 2.75) is 19.4 Å². The normalized spacial score (nSPS) is 24.7. The highest BCUT2D eigenvalue weighted by molar-refractivity contribution is 5.94. The molecule has 0 spiro atoms. The Morgan fingerprint density at radius 2 is 2.35 bits per heavy atom. The van der Waals surface area contributed by atoms with E-state index in [-0.39, 0.29) is 11.5 Å². The smallest absolute Gasteiger partial charge is 0.337 e. The summed E-state index contributed by atoms with van der Waals surface area (Å²) in [6, 6.07) is 1.49. The fourth-order valence-electron chi connectivity index (χ4n) is 2.09. The van der Waals surface area contributed by atoms with Crippen LogP contribution in [0.3, 0.4) is 0 Å². The summed E-state index contributed by atoms with van der Waals surface area (Å²) in [4.78, 5) is 16.9. The summed E-state index contributed by atoms with van der Waals surface area (Å²) in [6.07, 6.45) is 3.46. The Balaban J connectivity index is 2.25. The molecule has 2 unspecified atom stereocenters. The van der Waals surface area contributed by atoms with Gasteiger partial charge >= 0.3 is 5.97 Å². The predicted octanol–water partition coefficient (Wildman–Crippen LogP) is 0.987. The highest BCUT2D eigenvalue weighted by Crippen LogP contribution is 2.25. The van der Waals surface area contributed by atoms with Crippen LogP contribution in [0.15, 0.2) is 18.5 Å². The SMILES string of the molecule is CC1CCN(c2cnccc2C(=O)O)CC1O. The van der Waals surface area contributed by atoms with E-state index in [1.54, 1.807) is 6.20 Å². The molecular formula is C12H16N2O3. The number of nitrogens with zero attached hydrogens (tertiary/aromatic N) is 2. The van der Waals surface area contributed by atoms with E-state index in [0.717, 1.165) is 13.0 Å². The third-order valence-corrected chi connectivity index (χ3v) is 3.29. The minimum atomic E-state index is -0.962. The molecule has 1 aliphatic heterocycles. The summed E-state index contributed by atoms with van der Waals surface area (Å²) in [6.45, 7) is 3.22. The van der Waals surface area contributed by atoms with Gasteiger partial charge in [0.25, 0.3) is 0 Å². The molecule has 1 aromatic rings. The Bertz CT molecular complexity index is 422. The molecule has 0 bridgehead atoms. The largest absolute Gasteiger partial charge is 0.478 e. The first-order valence-corrected chi connectivity index (χ1v) is 5.70. The van der Waals surface area contributed by atoms with E-state index in [1.807, 2.05) is 11.8 Å². The average molecular weight is 236 g/mol. The van der Waals surface area contributed by atoms with Crippen molar-refractivity contribution in [1.82, 2.24) is 4.98 Å². The molecule has 2 heterocycles. The number of carboxylic acids is 1. The van der Waals surface area contributed by atoms with Gasteiger partial charge in [-0.25, -0.2) is 4.79 Å². The second-order valence-corrected chi connectivity index (χ2v) is 4.48. The number of rotatable bonds is 2. The van der Waals surface area contributed by atoms with Crippen molar-refractivity contribution in [2.75, 3.05) is 18.0 Å². The van der Waals surface area contributed by atoms with Crippen LogP contribution in [0.5, 0.6) is 0 Å². The van der Waals surface area contributed by atoms with Crippen LogP contribution in [0.25, 0.3) is 0 Å². The predicted molar refractivity (Wildman–Crippen MR) is 63.2 cm³/mol. The molecule has 1 saturated heterocycles. The summed E-state index contributed by atoms with van der Waals surface area (Å²) >= 11 is 0. The Kier molecular flexibility index (Phi) is 3.28. The van der Waals surface area contributed by atoms with Crippen LogP contribution < -0.4 is 4.90 Å². The molecule has 2 rings (SSSR count). The zero-order chi connectivity index (χ0) is 12.4. The van der Waals surface area contributed by atoms with Crippen LogP contribution in [-0.4, -0.2) is 40.4 Å². The monoisotopic (exact) mass is 236 g/mol. The average Bonchev–Trinajstić information content (AvgIpc) is 2.32. The van der Waals surface area contributed by atoms with E-state index < -0.39 is 12.1 Å². The standard InChI is InChI=1S/C12H16N2O3/c1-8-3-5-14(7-11(8)15)10-6-13-4-2-9(10)12(16)17/h2,4,6,8,11,15H,3,5,7H2,1H3,(H,16,17). The van der Waals surface area contributed by atoms with Gasteiger partial charge in [-0.05, 0) is 18.4 Å². The van der Waals surface area contributed by atoms with Crippen molar-refractivity contribution >= 4 is 11.7 Å². The van der Waals surface area contributed by atoms with E-state index in [9.17, 15) is 9.90 Å². The van der Waals surface area contributed by atoms with Gasteiger partial charge in [0.2, 0.25) is 0 Å². The van der Waals surface area contributed by atoms with Crippen molar-refractivity contribution in [3.05, 3.63) is 24.0 Å². The molecule has 1 aromatic heterocycles. The van der Waals surface area contributed by atoms with Crippen LogP contribution in [0.4, 0.5) is 5.69 Å². The van der Waals surface area contributed by atoms with Crippen LogP contribution in [0.1, 0.15) is 23.7 Å². The van der Waals surface area contributed by atoms with Gasteiger partial charge in [-0.1, -0.05) is 6.92 Å². The molecule has 2 N–H and O–H groups in total. The van der Waals surface area contributed by atoms with Crippen LogP contribution in [-0.2, 0) is 0 Å². The topological polar surface area (TPSA) is 73.7 Å². The van der Waals surface area contributed by atoms with Crippen LogP contribution in [0.2, 0.25) is 0 Å². The number of hydrogen-bond acceptors (Lipinski definition) is 4. The van der Waals surface area contributed by atoms with Crippen LogP contribution in [0, 0.1) is 5.92 Å². The van der Waals surface area contributed by atoms with Gasteiger partial charge in [0.1, 0.15) is 0 Å². The van der Waals surface area contributed by atoms with Crippen molar-refractivity contribution in [1.29, 1.82) is 0 Å². The second-order valence-electron chi connectivity index (χ2n) is 4.48. The van der Waals surface area contributed by atoms with Crippen molar-refractivity contribution in [3.8, 4) is 0 Å². The lowest BCUT2D eigenvalue weighted by atomic mass is 9.95. The fourth-order valence-corrected chi connectivity index (χ4v) is 2.09. The molecule has 5 heteroatoms. The minimum absolute atomic E-state index is 0.238. The van der Waals surface area contributed by atoms with Crippen LogP contribution >= 0.6 is 0 Å². The molecule has 2 atom stereocenters. The van der Waals surface area contributed by atoms with Gasteiger partial charge in [-0.2, -0.15) is 0 Å². The number of carboxylic acid groups (broad SMARTS) is 1. The first-order chi connectivity index (χ1) is 8.09. The molecule has 1 aliphatic rings. The van der Waals surface area contributed by atoms with Gasteiger partial charge in [-0.15, -0.1) is 0 Å². The number of aromatic nitrogens is 1. The zero-order valence-corrected chi connectivity index (χ0v) is 9.71. The Morgan fingerprint density at radius 3 is 3.00 bits per heavy atom. The second kappa shape index (κ2) is 4.71. The van der Waals surface area contributed by atoms with Gasteiger partial charge in [0.05, 0.1) is 23.6 Å². The van der Waals surface area contributed by atoms with Gasteiger partial charge in [0, 0.05) is 19.3 Å². The van der Waals surface area contributed by atoms with Gasteiger partial charge in [-0.3, -0.25) is 4.98 Å². The lowest BCUT2D eigenvalue weighted by molar-refractivity contribution is 0.0695. The number of β-amino-alcohol motifs (C(OH)–C–C–N with tert-alkyl or cyclic N) is 1. The molecule has 0 aliphatic carbocycles. The number of anilines is 1. The maximum Gasteiger partial charge on any atom is 0.337 e. The minimum Gasteiger partial charge on any atom is -0.478 e. The summed E-state index contributed by atoms with van der Waals surface area (Å²) in [5.41, 5.74) is 0.827. The molecule has 1 fully saturated rings. The van der Waals surface area contributed by atoms with Gasteiger partial charge < -0.3 is 15.1 Å². The Hall–Kier alpha value is -1.62. The lowest BCUT2D eigenvalue weighted by Crippen LogP contribution is -2.43. The molecule has 0 aromatic carbocycles. The number of piperidine rings is 1. The van der Waals surface area contributed by atoms with E-state index in [1.165, 1.54) is 12.3 Å². The number of carbonyl (C=O) groups is 1. The Labute approximate surface area is 99.7 Å². The third kappa shape index (κ3) is 2.39. The summed E-state index contributed by atoms with van der Waals surface area (Å²) in [7, 11) is 0. The summed E-state index contributed by atoms with van der Waals surface area (Å²) in [5.74, 6) is -0.702. The molecule has 0 amide bonds. The highest BCUT2D eigenvalue weighted by atomic mass is 16.4. The first-order valence-electron chi connectivity index (χ1n) is 5.70. The number of aliphatic hydroxyl groups is 1. The van der Waals surface area contributed by atoms with Gasteiger partial charge in [0.15, 0.2) is 0 Å². The maximum atomic E-state index is 11.1. The molecule has 0 radical (unpaired) electrons. The molecular weight excluding hydrogens is 220 g/mol. The fraction of sp³-hybridized carbons (Fsp3) is 0.500. The summed E-state index contributed by atoms with van der Waals surface area (Å²) < 4.78 is 0. The van der Waals surface area contributed by atoms with Crippen molar-refractivity contribution in [3.63, 3.8) is 0 Å². The molecule has 92 valence electrons. The maximum absolute atomic E-state index is 11.1. The number of hydrogen-bond donors (Lipinski definition) is 2. The Morgan fingerprint density at radius 1 is 1.59 bits per heavy atom. The number of pyridine rings is 1. The molecule has 5 nitrogen and oxygen atoms in total. The van der Waals surface area contributed by atoms with E-state index >= 15 is 0 Å². The zero-order valence-electron chi connectivity index (χ0n) is 9.71. The quantitative estimate of drug-likeness (QED) is 0.801. The number of aliphatic hydroxyl groups excluding tert-OH is 1. The molecule has 0 saturated carbocycles. The van der Waals surface area contributed by atoms with E-state index in [4.69, 9.17) is 5.11 Å². The van der Waals surface area contributed by atoms with E-state index in [0.29, 0.717) is 12.2 Å². The number of aromatic carboxylic acids is 1. The first kappa shape index (κ1) is 11.9. The summed E-state index contributed by atoms with van der Waals surface area (Å²) in [5, 5.41) is 18.9. The van der Waals surface area contributed by atoms with Crippen molar-refractivity contribution < 1.29 is 15.0 Å². The van der Waals surface area contributed by atoms with E-state index in [2.05, 4.69) is 4.98 Å². The van der Waals surface area contributed by atoms with Crippen molar-refractivity contribution in [2.24, 2.45) is 5.92 Å². The molecule has 17 heavy (non-hydrogen) atoms. The highest BCUT2D eigenvalue weighted by Gasteiger charge is 2.26.